The molecule has 1 aromatic rings. The molecule has 0 fully saturated rings. The molecule has 1 atom stereocenters. The van der Waals surface area contributed by atoms with Crippen LogP contribution < -0.4 is 15.4 Å². The molecule has 0 heterocycles. The number of nitrogens with one attached hydrogen (secondary N) is 2. The van der Waals surface area contributed by atoms with E-state index in [2.05, 4.69) is 40.6 Å². The van der Waals surface area contributed by atoms with E-state index in [0.29, 0.717) is 6.54 Å². The molecule has 136 valence electrons. The topological polar surface area (TPSA) is 58.1 Å². The van der Waals surface area contributed by atoms with Gasteiger partial charge in [0.05, 0.1) is 13.2 Å². The molecule has 0 amide bonds. The number of guanidine groups is 1. The molecule has 0 bridgehead atoms. The van der Waals surface area contributed by atoms with Gasteiger partial charge >= 0.3 is 0 Å². The van der Waals surface area contributed by atoms with E-state index in [1.54, 1.807) is 14.2 Å². The van der Waals surface area contributed by atoms with E-state index in [1.807, 2.05) is 25.1 Å². The van der Waals surface area contributed by atoms with Crippen LogP contribution in [0.1, 0.15) is 12.5 Å². The van der Waals surface area contributed by atoms with Crippen molar-refractivity contribution in [3.8, 4) is 5.75 Å². The maximum absolute atomic E-state index is 5.91. The fourth-order valence-corrected chi connectivity index (χ4v) is 2.15. The summed E-state index contributed by atoms with van der Waals surface area (Å²) < 4.78 is 11.0. The number of aryl methyl sites for hydroxylation is 1. The number of hydrogen-bond donors (Lipinski definition) is 2. The second-order valence-corrected chi connectivity index (χ2v) is 5.92. The molecule has 0 radical (unpaired) electrons. The van der Waals surface area contributed by atoms with Gasteiger partial charge in [-0.1, -0.05) is 12.1 Å². The lowest BCUT2D eigenvalue weighted by atomic mass is 10.2. The lowest BCUT2D eigenvalue weighted by molar-refractivity contribution is 0.162. The Bertz CT molecular complexity index is 494. The zero-order valence-electron chi connectivity index (χ0n) is 15.6. The molecule has 0 aliphatic carbocycles. The van der Waals surface area contributed by atoms with Crippen molar-refractivity contribution in [1.82, 2.24) is 15.5 Å². The first-order chi connectivity index (χ1) is 11.5. The summed E-state index contributed by atoms with van der Waals surface area (Å²) in [5.41, 5.74) is 1.20. The van der Waals surface area contributed by atoms with Gasteiger partial charge in [-0.3, -0.25) is 4.99 Å². The van der Waals surface area contributed by atoms with Gasteiger partial charge in [0, 0.05) is 33.8 Å². The normalized spacial score (nSPS) is 13.0. The summed E-state index contributed by atoms with van der Waals surface area (Å²) in [6.45, 7) is 8.22. The van der Waals surface area contributed by atoms with Gasteiger partial charge in [-0.25, -0.2) is 0 Å². The lowest BCUT2D eigenvalue weighted by Gasteiger charge is -2.20. The van der Waals surface area contributed by atoms with Crippen LogP contribution in [0.15, 0.2) is 29.3 Å². The summed E-state index contributed by atoms with van der Waals surface area (Å²) in [5.74, 6) is 1.68. The summed E-state index contributed by atoms with van der Waals surface area (Å²) in [7, 11) is 5.57. The molecule has 0 aromatic heterocycles. The number of methoxy groups -OCH3 is 1. The Kier molecular flexibility index (Phi) is 9.88. The average Bonchev–Trinajstić information content (AvgIpc) is 2.56. The van der Waals surface area contributed by atoms with E-state index in [9.17, 15) is 0 Å². The van der Waals surface area contributed by atoms with Gasteiger partial charge in [-0.15, -0.1) is 0 Å². The van der Waals surface area contributed by atoms with Crippen LogP contribution >= 0.6 is 0 Å². The Morgan fingerprint density at radius 3 is 2.75 bits per heavy atom. The minimum Gasteiger partial charge on any atom is -0.489 e. The summed E-state index contributed by atoms with van der Waals surface area (Å²) >= 11 is 0. The molecule has 0 saturated heterocycles. The van der Waals surface area contributed by atoms with Crippen LogP contribution in [0, 0.1) is 6.92 Å². The molecule has 0 aliphatic heterocycles. The highest BCUT2D eigenvalue weighted by molar-refractivity contribution is 5.79. The number of ether oxygens (including phenoxy) is 2. The smallest absolute Gasteiger partial charge is 0.191 e. The molecule has 24 heavy (non-hydrogen) atoms. The molecule has 0 saturated carbocycles. The Morgan fingerprint density at radius 1 is 1.29 bits per heavy atom. The average molecular weight is 336 g/mol. The van der Waals surface area contributed by atoms with Gasteiger partial charge < -0.3 is 25.0 Å². The van der Waals surface area contributed by atoms with Gasteiger partial charge in [0.25, 0.3) is 0 Å². The highest BCUT2D eigenvalue weighted by Gasteiger charge is 2.06. The zero-order valence-corrected chi connectivity index (χ0v) is 15.6. The third-order valence-corrected chi connectivity index (χ3v) is 3.57. The Morgan fingerprint density at radius 2 is 2.08 bits per heavy atom. The standard InChI is InChI=1S/C18H32N4O2/c1-15-7-6-8-17(13-15)24-16(2)14-21-18(19-3)20-9-10-22(4)11-12-23-5/h6-8,13,16H,9-12,14H2,1-5H3,(H2,19,20,21). The maximum atomic E-state index is 5.91. The van der Waals surface area contributed by atoms with Crippen LogP contribution in [-0.4, -0.2) is 71.0 Å². The molecule has 6 nitrogen and oxygen atoms in total. The number of hydrogen-bond acceptors (Lipinski definition) is 4. The molecular formula is C18H32N4O2. The molecule has 6 heteroatoms. The van der Waals surface area contributed by atoms with Crippen molar-refractivity contribution in [3.05, 3.63) is 29.8 Å². The van der Waals surface area contributed by atoms with Crippen LogP contribution in [0.25, 0.3) is 0 Å². The first-order valence-electron chi connectivity index (χ1n) is 8.40. The first-order valence-corrected chi connectivity index (χ1v) is 8.40. The summed E-state index contributed by atoms with van der Waals surface area (Å²) in [5, 5.41) is 6.60. The first kappa shape index (κ1) is 20.3. The van der Waals surface area contributed by atoms with E-state index >= 15 is 0 Å². The molecule has 0 spiro atoms. The van der Waals surface area contributed by atoms with Crippen molar-refractivity contribution in [1.29, 1.82) is 0 Å². The fraction of sp³-hybridized carbons (Fsp3) is 0.611. The highest BCUT2D eigenvalue weighted by Crippen LogP contribution is 2.13. The number of benzene rings is 1. The second-order valence-electron chi connectivity index (χ2n) is 5.92. The number of rotatable bonds is 10. The monoisotopic (exact) mass is 336 g/mol. The van der Waals surface area contributed by atoms with Crippen molar-refractivity contribution in [2.45, 2.75) is 20.0 Å². The molecule has 1 unspecified atom stereocenters. The largest absolute Gasteiger partial charge is 0.489 e. The molecule has 1 rings (SSSR count). The van der Waals surface area contributed by atoms with E-state index in [4.69, 9.17) is 9.47 Å². The van der Waals surface area contributed by atoms with Crippen molar-refractivity contribution in [2.24, 2.45) is 4.99 Å². The van der Waals surface area contributed by atoms with Gasteiger partial charge in [0.1, 0.15) is 11.9 Å². The number of nitrogens with zero attached hydrogens (tertiary/aromatic N) is 2. The third kappa shape index (κ3) is 8.74. The maximum Gasteiger partial charge on any atom is 0.191 e. The van der Waals surface area contributed by atoms with Gasteiger partial charge in [0.2, 0.25) is 0 Å². The lowest BCUT2D eigenvalue weighted by Crippen LogP contribution is -2.44. The van der Waals surface area contributed by atoms with Crippen LogP contribution in [0.3, 0.4) is 0 Å². The Balaban J connectivity index is 2.25. The SMILES string of the molecule is CN=C(NCCN(C)CCOC)NCC(C)Oc1cccc(C)c1. The van der Waals surface area contributed by atoms with Gasteiger partial charge in [0.15, 0.2) is 5.96 Å². The van der Waals surface area contributed by atoms with Crippen molar-refractivity contribution >= 4 is 5.96 Å². The van der Waals surface area contributed by atoms with Crippen LogP contribution in [0.2, 0.25) is 0 Å². The summed E-state index contributed by atoms with van der Waals surface area (Å²) in [6.07, 6.45) is 0.0507. The van der Waals surface area contributed by atoms with Gasteiger partial charge in [-0.2, -0.15) is 0 Å². The second kappa shape index (κ2) is 11.7. The summed E-state index contributed by atoms with van der Waals surface area (Å²) in [4.78, 5) is 6.45. The minimum atomic E-state index is 0.0507. The number of likely N-dealkylation sites (N-methyl/N-ethyl adjacent to an activating group) is 1. The predicted molar refractivity (Wildman–Crippen MR) is 100 cm³/mol. The van der Waals surface area contributed by atoms with Gasteiger partial charge in [-0.05, 0) is 38.6 Å². The Hall–Kier alpha value is -1.79. The minimum absolute atomic E-state index is 0.0507. The van der Waals surface area contributed by atoms with E-state index in [1.165, 1.54) is 5.56 Å². The summed E-state index contributed by atoms with van der Waals surface area (Å²) in [6, 6.07) is 8.09. The Labute approximate surface area is 146 Å². The van der Waals surface area contributed by atoms with E-state index < -0.39 is 0 Å². The quantitative estimate of drug-likeness (QED) is 0.501. The van der Waals surface area contributed by atoms with E-state index in [0.717, 1.165) is 38.0 Å². The van der Waals surface area contributed by atoms with Crippen molar-refractivity contribution in [3.63, 3.8) is 0 Å². The predicted octanol–water partition coefficient (Wildman–Crippen LogP) is 1.51. The molecule has 1 aromatic carbocycles. The van der Waals surface area contributed by atoms with Crippen LogP contribution in [0.4, 0.5) is 0 Å². The molecule has 0 aliphatic rings. The fourth-order valence-electron chi connectivity index (χ4n) is 2.15. The van der Waals surface area contributed by atoms with Crippen molar-refractivity contribution in [2.75, 3.05) is 54.0 Å². The van der Waals surface area contributed by atoms with Crippen LogP contribution in [-0.2, 0) is 4.74 Å². The van der Waals surface area contributed by atoms with Crippen molar-refractivity contribution < 1.29 is 9.47 Å². The number of aliphatic imine (C=N–C) groups is 1. The van der Waals surface area contributed by atoms with E-state index in [-0.39, 0.29) is 6.10 Å². The third-order valence-electron chi connectivity index (χ3n) is 3.57. The zero-order chi connectivity index (χ0) is 17.8. The molecular weight excluding hydrogens is 304 g/mol. The highest BCUT2D eigenvalue weighted by atomic mass is 16.5. The van der Waals surface area contributed by atoms with Crippen LogP contribution in [0.5, 0.6) is 5.75 Å². The molecule has 2 N–H and O–H groups in total.